The van der Waals surface area contributed by atoms with E-state index in [1.807, 2.05) is 0 Å². The zero-order valence-corrected chi connectivity index (χ0v) is 11.9. The lowest BCUT2D eigenvalue weighted by Gasteiger charge is -2.17. The predicted octanol–water partition coefficient (Wildman–Crippen LogP) is 0.993. The average Bonchev–Trinajstić information content (AvgIpc) is 2.44. The summed E-state index contributed by atoms with van der Waals surface area (Å²) in [6.07, 6.45) is -0.943. The second-order valence-electron chi connectivity index (χ2n) is 4.38. The van der Waals surface area contributed by atoms with E-state index in [9.17, 15) is 19.7 Å². The van der Waals surface area contributed by atoms with E-state index in [0.29, 0.717) is 0 Å². The molecule has 1 atom stereocenters. The maximum atomic E-state index is 11.5. The fourth-order valence-corrected chi connectivity index (χ4v) is 1.51. The van der Waals surface area contributed by atoms with Gasteiger partial charge in [-0.25, -0.2) is 4.79 Å². The van der Waals surface area contributed by atoms with E-state index in [1.165, 1.54) is 44.1 Å². The Balaban J connectivity index is 2.58. The van der Waals surface area contributed by atoms with Gasteiger partial charge in [0.1, 0.15) is 0 Å². The number of nitro benzene ring substituents is 1. The topological polar surface area (TPSA) is 99.0 Å². The molecule has 114 valence electrons. The second kappa shape index (κ2) is 7.22. The maximum absolute atomic E-state index is 11.5. The first-order valence-corrected chi connectivity index (χ1v) is 6.09. The van der Waals surface area contributed by atoms with Crippen molar-refractivity contribution >= 4 is 17.6 Å². The molecule has 0 unspecified atom stereocenters. The fraction of sp³-hybridized carbons (Fsp3) is 0.385. The minimum atomic E-state index is -0.943. The van der Waals surface area contributed by atoms with Crippen molar-refractivity contribution in [3.05, 3.63) is 34.4 Å². The average molecular weight is 296 g/mol. The number of ether oxygens (including phenoxy) is 2. The second-order valence-corrected chi connectivity index (χ2v) is 4.38. The summed E-state index contributed by atoms with van der Waals surface area (Å²) in [5.41, 5.74) is -0.247. The number of esters is 1. The number of amides is 1. The largest absolute Gasteiger partial charge is 0.475 e. The van der Waals surface area contributed by atoms with Gasteiger partial charge < -0.3 is 14.4 Å². The Morgan fingerprint density at radius 3 is 2.52 bits per heavy atom. The molecule has 0 aliphatic rings. The van der Waals surface area contributed by atoms with Crippen LogP contribution in [0.2, 0.25) is 0 Å². The van der Waals surface area contributed by atoms with Crippen molar-refractivity contribution in [3.63, 3.8) is 0 Å². The van der Waals surface area contributed by atoms with E-state index in [0.717, 1.165) is 0 Å². The Labute approximate surface area is 121 Å². The Hall–Kier alpha value is -2.64. The van der Waals surface area contributed by atoms with Crippen LogP contribution in [0.1, 0.15) is 6.92 Å². The van der Waals surface area contributed by atoms with Crippen molar-refractivity contribution in [2.75, 3.05) is 20.7 Å². The molecule has 0 radical (unpaired) electrons. The van der Waals surface area contributed by atoms with Crippen molar-refractivity contribution in [1.29, 1.82) is 0 Å². The molecule has 1 aromatic rings. The van der Waals surface area contributed by atoms with Crippen LogP contribution < -0.4 is 4.74 Å². The summed E-state index contributed by atoms with van der Waals surface area (Å²) in [4.78, 5) is 34.5. The Morgan fingerprint density at radius 2 is 1.95 bits per heavy atom. The molecule has 0 aromatic heterocycles. The minimum Gasteiger partial charge on any atom is -0.475 e. The zero-order valence-electron chi connectivity index (χ0n) is 11.9. The molecule has 0 aliphatic heterocycles. The summed E-state index contributed by atoms with van der Waals surface area (Å²) in [7, 11) is 3.08. The molecule has 0 N–H and O–H groups in total. The summed E-state index contributed by atoms with van der Waals surface area (Å²) in [5.74, 6) is -1.18. The van der Waals surface area contributed by atoms with Crippen molar-refractivity contribution < 1.29 is 24.0 Å². The van der Waals surface area contributed by atoms with Crippen molar-refractivity contribution in [2.45, 2.75) is 13.0 Å². The van der Waals surface area contributed by atoms with E-state index in [-0.39, 0.29) is 17.3 Å². The van der Waals surface area contributed by atoms with Crippen LogP contribution >= 0.6 is 0 Å². The van der Waals surface area contributed by atoms with Crippen LogP contribution in [0.3, 0.4) is 0 Å². The molecule has 0 saturated carbocycles. The molecule has 0 fully saturated rings. The molecule has 0 heterocycles. The molecule has 0 bridgehead atoms. The van der Waals surface area contributed by atoms with Gasteiger partial charge in [-0.05, 0) is 13.0 Å². The number of likely N-dealkylation sites (N-methyl/N-ethyl adjacent to an activating group) is 1. The zero-order chi connectivity index (χ0) is 16.0. The number of nitro groups is 1. The molecule has 8 nitrogen and oxygen atoms in total. The van der Waals surface area contributed by atoms with E-state index in [1.54, 1.807) is 6.07 Å². The number of benzene rings is 1. The monoisotopic (exact) mass is 296 g/mol. The number of carbonyl (C=O) groups excluding carboxylic acids is 2. The molecule has 0 spiro atoms. The number of hydrogen-bond donors (Lipinski definition) is 0. The van der Waals surface area contributed by atoms with E-state index < -0.39 is 23.6 Å². The first-order valence-electron chi connectivity index (χ1n) is 6.09. The predicted molar refractivity (Wildman–Crippen MR) is 72.8 cm³/mol. The van der Waals surface area contributed by atoms with Crippen molar-refractivity contribution in [3.8, 4) is 5.75 Å². The third-order valence-electron chi connectivity index (χ3n) is 2.50. The van der Waals surface area contributed by atoms with Crippen LogP contribution in [0, 0.1) is 10.1 Å². The van der Waals surface area contributed by atoms with E-state index >= 15 is 0 Å². The van der Waals surface area contributed by atoms with E-state index in [2.05, 4.69) is 0 Å². The highest BCUT2D eigenvalue weighted by atomic mass is 16.6. The normalized spacial score (nSPS) is 11.4. The number of carbonyl (C=O) groups is 2. The Bertz CT molecular complexity index is 543. The van der Waals surface area contributed by atoms with Crippen LogP contribution in [0.15, 0.2) is 24.3 Å². The van der Waals surface area contributed by atoms with Gasteiger partial charge in [0, 0.05) is 20.2 Å². The number of para-hydroxylation sites is 2. The highest BCUT2D eigenvalue weighted by Crippen LogP contribution is 2.25. The lowest BCUT2D eigenvalue weighted by atomic mass is 10.3. The van der Waals surface area contributed by atoms with Gasteiger partial charge in [-0.15, -0.1) is 0 Å². The van der Waals surface area contributed by atoms with Crippen LogP contribution in [0.25, 0.3) is 0 Å². The first-order chi connectivity index (χ1) is 9.82. The molecule has 1 aromatic carbocycles. The summed E-state index contributed by atoms with van der Waals surface area (Å²) in [6, 6.07) is 5.67. The standard InChI is InChI=1S/C13H16N2O6/c1-9(13(17)14(2)3)21-12(16)8-20-11-7-5-4-6-10(11)15(18)19/h4-7,9H,8H2,1-3H3/t9-/m1/s1. The number of rotatable bonds is 6. The van der Waals surface area contributed by atoms with Crippen LogP contribution in [0.4, 0.5) is 5.69 Å². The molecule has 8 heteroatoms. The lowest BCUT2D eigenvalue weighted by molar-refractivity contribution is -0.385. The van der Waals surface area contributed by atoms with Crippen LogP contribution in [0.5, 0.6) is 5.75 Å². The third kappa shape index (κ3) is 4.75. The third-order valence-corrected chi connectivity index (χ3v) is 2.50. The van der Waals surface area contributed by atoms with Gasteiger partial charge in [0.2, 0.25) is 0 Å². The molecule has 1 amide bonds. The quantitative estimate of drug-likeness (QED) is 0.441. The highest BCUT2D eigenvalue weighted by molar-refractivity contribution is 5.83. The fourth-order valence-electron chi connectivity index (χ4n) is 1.51. The van der Waals surface area contributed by atoms with Crippen LogP contribution in [-0.4, -0.2) is 48.5 Å². The highest BCUT2D eigenvalue weighted by Gasteiger charge is 2.21. The van der Waals surface area contributed by atoms with Crippen LogP contribution in [-0.2, 0) is 14.3 Å². The molecular weight excluding hydrogens is 280 g/mol. The molecule has 21 heavy (non-hydrogen) atoms. The molecule has 1 rings (SSSR count). The van der Waals surface area contributed by atoms with Gasteiger partial charge in [0.05, 0.1) is 4.92 Å². The Morgan fingerprint density at radius 1 is 1.33 bits per heavy atom. The Kier molecular flexibility index (Phi) is 5.65. The molecular formula is C13H16N2O6. The van der Waals surface area contributed by atoms with Gasteiger partial charge >= 0.3 is 11.7 Å². The lowest BCUT2D eigenvalue weighted by Crippen LogP contribution is -2.35. The minimum absolute atomic E-state index is 0.0361. The summed E-state index contributed by atoms with van der Waals surface area (Å²) in [6.45, 7) is 0.918. The smallest absolute Gasteiger partial charge is 0.344 e. The summed E-state index contributed by atoms with van der Waals surface area (Å²) < 4.78 is 9.93. The van der Waals surface area contributed by atoms with Gasteiger partial charge in [-0.1, -0.05) is 12.1 Å². The molecule has 0 saturated heterocycles. The maximum Gasteiger partial charge on any atom is 0.344 e. The van der Waals surface area contributed by atoms with Gasteiger partial charge in [-0.3, -0.25) is 14.9 Å². The number of nitrogens with zero attached hydrogens (tertiary/aromatic N) is 2. The van der Waals surface area contributed by atoms with Crippen molar-refractivity contribution in [2.24, 2.45) is 0 Å². The molecule has 0 aliphatic carbocycles. The van der Waals surface area contributed by atoms with E-state index in [4.69, 9.17) is 9.47 Å². The first kappa shape index (κ1) is 16.4. The van der Waals surface area contributed by atoms with Gasteiger partial charge in [0.25, 0.3) is 5.91 Å². The van der Waals surface area contributed by atoms with Crippen molar-refractivity contribution in [1.82, 2.24) is 4.90 Å². The summed E-state index contributed by atoms with van der Waals surface area (Å²) >= 11 is 0. The van der Waals surface area contributed by atoms with Gasteiger partial charge in [-0.2, -0.15) is 0 Å². The van der Waals surface area contributed by atoms with Gasteiger partial charge in [0.15, 0.2) is 18.5 Å². The number of hydrogen-bond acceptors (Lipinski definition) is 6. The summed E-state index contributed by atoms with van der Waals surface area (Å²) in [5, 5.41) is 10.8. The SMILES string of the molecule is C[C@@H](OC(=O)COc1ccccc1[N+](=O)[O-])C(=O)N(C)C.